The van der Waals surface area contributed by atoms with E-state index < -0.39 is 0 Å². The average Bonchev–Trinajstić information content (AvgIpc) is 2.74. The summed E-state index contributed by atoms with van der Waals surface area (Å²) in [4.78, 5) is 5.08. The van der Waals surface area contributed by atoms with Crippen LogP contribution in [-0.2, 0) is 6.54 Å². The fourth-order valence-electron chi connectivity index (χ4n) is 3.33. The van der Waals surface area contributed by atoms with Crippen LogP contribution in [-0.4, -0.2) is 48.1 Å². The third-order valence-corrected chi connectivity index (χ3v) is 6.47. The molecular weight excluding hydrogens is 346 g/mol. The second kappa shape index (κ2) is 7.55. The molecule has 1 aliphatic heterocycles. The van der Waals surface area contributed by atoms with Gasteiger partial charge in [0.15, 0.2) is 0 Å². The van der Waals surface area contributed by atoms with E-state index >= 15 is 0 Å². The van der Waals surface area contributed by atoms with Crippen molar-refractivity contribution in [2.75, 3.05) is 26.7 Å². The Bertz CT molecular complexity index is 448. The quantitative estimate of drug-likeness (QED) is 0.856. The first-order valence-electron chi connectivity index (χ1n) is 7.85. The summed E-state index contributed by atoms with van der Waals surface area (Å²) in [6, 6.07) is 2.86. The van der Waals surface area contributed by atoms with Crippen molar-refractivity contribution in [1.29, 1.82) is 0 Å². The molecule has 5 heteroatoms. The minimum atomic E-state index is 0.151. The van der Waals surface area contributed by atoms with Gasteiger partial charge in [0, 0.05) is 31.2 Å². The Morgan fingerprint density at radius 3 is 2.76 bits per heavy atom. The monoisotopic (exact) mass is 373 g/mol. The molecule has 1 aromatic heterocycles. The molecule has 0 saturated carbocycles. The summed E-state index contributed by atoms with van der Waals surface area (Å²) in [7, 11) is 2.24. The summed E-state index contributed by atoms with van der Waals surface area (Å²) in [6.07, 6.45) is 3.62. The van der Waals surface area contributed by atoms with Crippen LogP contribution in [0.4, 0.5) is 0 Å². The second-order valence-electron chi connectivity index (χ2n) is 6.53. The highest BCUT2D eigenvalue weighted by molar-refractivity contribution is 9.11. The average molecular weight is 374 g/mol. The summed E-state index contributed by atoms with van der Waals surface area (Å²) in [6.45, 7) is 8.69. The van der Waals surface area contributed by atoms with Crippen LogP contribution in [0.2, 0.25) is 0 Å². The first kappa shape index (κ1) is 17.4. The summed E-state index contributed by atoms with van der Waals surface area (Å²) in [5.41, 5.74) is 7.75. The fraction of sp³-hybridized carbons (Fsp3) is 0.750. The van der Waals surface area contributed by atoms with E-state index in [1.807, 2.05) is 0 Å². The van der Waals surface area contributed by atoms with E-state index in [1.165, 1.54) is 35.2 Å². The Labute approximate surface area is 141 Å². The predicted molar refractivity (Wildman–Crippen MR) is 95.8 cm³/mol. The van der Waals surface area contributed by atoms with E-state index in [2.05, 4.69) is 58.1 Å². The van der Waals surface area contributed by atoms with Crippen molar-refractivity contribution in [2.24, 2.45) is 5.73 Å². The Balaban J connectivity index is 2.05. The van der Waals surface area contributed by atoms with Gasteiger partial charge in [-0.15, -0.1) is 11.3 Å². The number of likely N-dealkylation sites (tertiary alicyclic amines) is 1. The first-order chi connectivity index (χ1) is 9.97. The molecule has 21 heavy (non-hydrogen) atoms. The zero-order valence-electron chi connectivity index (χ0n) is 13.4. The lowest BCUT2D eigenvalue weighted by Gasteiger charge is -2.41. The Kier molecular flexibility index (Phi) is 6.26. The highest BCUT2D eigenvalue weighted by Crippen LogP contribution is 2.30. The molecule has 0 aromatic carbocycles. The third-order valence-electron chi connectivity index (χ3n) is 4.91. The second-order valence-corrected chi connectivity index (χ2v) is 8.82. The van der Waals surface area contributed by atoms with Gasteiger partial charge in [0.25, 0.3) is 0 Å². The normalized spacial score (nSPS) is 24.7. The van der Waals surface area contributed by atoms with Gasteiger partial charge < -0.3 is 10.6 Å². The highest BCUT2D eigenvalue weighted by atomic mass is 79.9. The molecule has 1 unspecified atom stereocenters. The van der Waals surface area contributed by atoms with E-state index in [-0.39, 0.29) is 5.54 Å². The van der Waals surface area contributed by atoms with Gasteiger partial charge in [-0.3, -0.25) is 4.90 Å². The number of rotatable bonds is 5. The molecule has 0 aliphatic carbocycles. The smallest absolute Gasteiger partial charge is 0.0701 e. The maximum Gasteiger partial charge on any atom is 0.0701 e. The first-order valence-corrected chi connectivity index (χ1v) is 9.52. The van der Waals surface area contributed by atoms with Crippen LogP contribution >= 0.6 is 27.3 Å². The van der Waals surface area contributed by atoms with Gasteiger partial charge in [-0.1, -0.05) is 0 Å². The van der Waals surface area contributed by atoms with Crippen molar-refractivity contribution in [1.82, 2.24) is 9.80 Å². The van der Waals surface area contributed by atoms with Crippen molar-refractivity contribution in [2.45, 2.75) is 51.2 Å². The Morgan fingerprint density at radius 2 is 2.19 bits per heavy atom. The highest BCUT2D eigenvalue weighted by Gasteiger charge is 2.35. The maximum absolute atomic E-state index is 6.22. The molecule has 120 valence electrons. The molecule has 1 atom stereocenters. The van der Waals surface area contributed by atoms with Crippen LogP contribution in [0, 0.1) is 0 Å². The maximum atomic E-state index is 6.22. The van der Waals surface area contributed by atoms with Gasteiger partial charge in [-0.25, -0.2) is 0 Å². The topological polar surface area (TPSA) is 32.5 Å². The van der Waals surface area contributed by atoms with E-state index in [0.717, 1.165) is 19.6 Å². The minimum Gasteiger partial charge on any atom is -0.329 e. The van der Waals surface area contributed by atoms with Gasteiger partial charge in [0.2, 0.25) is 0 Å². The Morgan fingerprint density at radius 1 is 1.43 bits per heavy atom. The van der Waals surface area contributed by atoms with Gasteiger partial charge >= 0.3 is 0 Å². The van der Waals surface area contributed by atoms with Crippen molar-refractivity contribution in [3.63, 3.8) is 0 Å². The van der Waals surface area contributed by atoms with Gasteiger partial charge in [0.05, 0.1) is 3.79 Å². The van der Waals surface area contributed by atoms with E-state index in [1.54, 1.807) is 11.3 Å². The number of nitrogens with two attached hydrogens (primary N) is 1. The molecule has 2 N–H and O–H groups in total. The van der Waals surface area contributed by atoms with Crippen LogP contribution in [0.5, 0.6) is 0 Å². The molecule has 2 rings (SSSR count). The summed E-state index contributed by atoms with van der Waals surface area (Å²) < 4.78 is 1.21. The van der Waals surface area contributed by atoms with Crippen LogP contribution in [0.1, 0.15) is 38.7 Å². The molecule has 1 aliphatic rings. The van der Waals surface area contributed by atoms with Gasteiger partial charge in [-0.05, 0) is 79.6 Å². The van der Waals surface area contributed by atoms with Crippen molar-refractivity contribution in [3.05, 3.63) is 20.8 Å². The lowest BCUT2D eigenvalue weighted by atomic mass is 9.88. The molecule has 1 saturated heterocycles. The number of nitrogens with zero attached hydrogens (tertiary/aromatic N) is 2. The van der Waals surface area contributed by atoms with Crippen LogP contribution in [0.25, 0.3) is 0 Å². The molecule has 1 fully saturated rings. The zero-order chi connectivity index (χ0) is 15.5. The van der Waals surface area contributed by atoms with Crippen molar-refractivity contribution in [3.8, 4) is 0 Å². The molecule has 0 amide bonds. The van der Waals surface area contributed by atoms with E-state index in [4.69, 9.17) is 5.73 Å². The lowest BCUT2D eigenvalue weighted by molar-refractivity contribution is 0.0975. The molecular formula is C16H28BrN3S. The number of halogens is 1. The van der Waals surface area contributed by atoms with Gasteiger partial charge in [0.1, 0.15) is 0 Å². The molecule has 1 aromatic rings. The fourth-order valence-corrected chi connectivity index (χ4v) is 4.53. The number of thiophene rings is 1. The summed E-state index contributed by atoms with van der Waals surface area (Å²) in [5, 5.41) is 2.24. The molecule has 0 spiro atoms. The van der Waals surface area contributed by atoms with Crippen LogP contribution in [0.15, 0.2) is 15.2 Å². The standard InChI is InChI=1S/C16H28BrN3S/c1-13(2)20-7-4-5-16(12-18,6-8-20)19(3)10-14-9-15(17)21-11-14/h9,11,13H,4-8,10,12,18H2,1-3H3. The number of likely N-dealkylation sites (N-methyl/N-ethyl adjacent to an activating group) is 1. The Hall–Kier alpha value is 0.0600. The molecule has 0 bridgehead atoms. The van der Waals surface area contributed by atoms with Crippen LogP contribution in [0.3, 0.4) is 0 Å². The predicted octanol–water partition coefficient (Wildman–Crippen LogP) is 3.53. The van der Waals surface area contributed by atoms with E-state index in [9.17, 15) is 0 Å². The molecule has 0 radical (unpaired) electrons. The van der Waals surface area contributed by atoms with E-state index in [0.29, 0.717) is 6.04 Å². The van der Waals surface area contributed by atoms with Gasteiger partial charge in [-0.2, -0.15) is 0 Å². The SMILES string of the molecule is CC(C)N1CCCC(CN)(N(C)Cc2csc(Br)c2)CC1. The largest absolute Gasteiger partial charge is 0.329 e. The van der Waals surface area contributed by atoms with Crippen LogP contribution < -0.4 is 5.73 Å². The zero-order valence-corrected chi connectivity index (χ0v) is 15.8. The number of hydrogen-bond donors (Lipinski definition) is 1. The van der Waals surface area contributed by atoms with Crippen molar-refractivity contribution < 1.29 is 0 Å². The molecule has 2 heterocycles. The molecule has 3 nitrogen and oxygen atoms in total. The summed E-state index contributed by atoms with van der Waals surface area (Å²) in [5.74, 6) is 0. The third kappa shape index (κ3) is 4.29. The minimum absolute atomic E-state index is 0.151. The lowest BCUT2D eigenvalue weighted by Crippen LogP contribution is -2.52. The summed E-state index contributed by atoms with van der Waals surface area (Å²) >= 11 is 5.31. The number of hydrogen-bond acceptors (Lipinski definition) is 4. The van der Waals surface area contributed by atoms with Crippen molar-refractivity contribution >= 4 is 27.3 Å².